The van der Waals surface area contributed by atoms with Crippen LogP contribution in [0.1, 0.15) is 16.1 Å². The van der Waals surface area contributed by atoms with Crippen molar-refractivity contribution in [3.63, 3.8) is 0 Å². The van der Waals surface area contributed by atoms with E-state index in [4.69, 9.17) is 4.42 Å². The maximum Gasteiger partial charge on any atom is 0.345 e. The molecule has 0 fully saturated rings. The van der Waals surface area contributed by atoms with Gasteiger partial charge in [-0.25, -0.2) is 9.78 Å². The Labute approximate surface area is 173 Å². The predicted molar refractivity (Wildman–Crippen MR) is 116 cm³/mol. The first-order valence-electron chi connectivity index (χ1n) is 8.41. The monoisotopic (exact) mass is 448 g/mol. The average molecular weight is 449 g/mol. The number of nitriles is 1. The van der Waals surface area contributed by atoms with Gasteiger partial charge in [-0.1, -0.05) is 45.8 Å². The Balaban J connectivity index is 1.75. The SMILES string of the molecule is Cc1ccc(C=C(C#N)c2nc(-c3cc4cc(Br)ccc4oc3=O)cs2)cc1. The summed E-state index contributed by atoms with van der Waals surface area (Å²) in [5.74, 6) is 0. The molecule has 0 bridgehead atoms. The van der Waals surface area contributed by atoms with Crippen LogP contribution in [-0.4, -0.2) is 4.98 Å². The number of hydrogen-bond donors (Lipinski definition) is 0. The maximum absolute atomic E-state index is 12.4. The van der Waals surface area contributed by atoms with E-state index in [0.29, 0.717) is 27.4 Å². The quantitative estimate of drug-likeness (QED) is 0.282. The lowest BCUT2D eigenvalue weighted by molar-refractivity contribution is 0.563. The fourth-order valence-electron chi connectivity index (χ4n) is 2.77. The standard InChI is InChI=1S/C22H13BrN2O2S/c1-13-2-4-14(5-3-13)8-16(11-24)21-25-19(12-28-21)18-10-15-9-17(23)6-7-20(15)27-22(18)26/h2-10,12H,1H3. The summed E-state index contributed by atoms with van der Waals surface area (Å²) in [6.07, 6.45) is 1.79. The lowest BCUT2D eigenvalue weighted by atomic mass is 10.1. The molecule has 136 valence electrons. The molecule has 4 nitrogen and oxygen atoms in total. The third-order valence-electron chi connectivity index (χ3n) is 4.21. The zero-order valence-electron chi connectivity index (χ0n) is 14.8. The molecule has 0 atom stereocenters. The number of hydrogen-bond acceptors (Lipinski definition) is 5. The van der Waals surface area contributed by atoms with Gasteiger partial charge in [0.1, 0.15) is 16.7 Å². The third kappa shape index (κ3) is 3.68. The summed E-state index contributed by atoms with van der Waals surface area (Å²) in [6, 6.07) is 17.3. The molecular formula is C22H13BrN2O2S. The van der Waals surface area contributed by atoms with E-state index in [9.17, 15) is 10.1 Å². The van der Waals surface area contributed by atoms with E-state index in [1.54, 1.807) is 23.6 Å². The highest BCUT2D eigenvalue weighted by Crippen LogP contribution is 2.28. The average Bonchev–Trinajstić information content (AvgIpc) is 3.17. The van der Waals surface area contributed by atoms with Crippen LogP contribution < -0.4 is 5.63 Å². The van der Waals surface area contributed by atoms with E-state index in [1.165, 1.54) is 11.3 Å². The van der Waals surface area contributed by atoms with Gasteiger partial charge in [0.05, 0.1) is 16.8 Å². The molecule has 0 saturated heterocycles. The minimum atomic E-state index is -0.451. The second kappa shape index (κ2) is 7.55. The van der Waals surface area contributed by atoms with Gasteiger partial charge in [-0.3, -0.25) is 0 Å². The van der Waals surface area contributed by atoms with Crippen LogP contribution in [0.5, 0.6) is 0 Å². The molecule has 2 aromatic heterocycles. The highest BCUT2D eigenvalue weighted by Gasteiger charge is 2.14. The number of allylic oxidation sites excluding steroid dienone is 1. The molecule has 28 heavy (non-hydrogen) atoms. The van der Waals surface area contributed by atoms with Crippen LogP contribution in [0.2, 0.25) is 0 Å². The topological polar surface area (TPSA) is 66.9 Å². The van der Waals surface area contributed by atoms with Crippen LogP contribution in [-0.2, 0) is 0 Å². The Hall–Kier alpha value is -3.01. The first-order chi connectivity index (χ1) is 13.5. The van der Waals surface area contributed by atoms with Gasteiger partial charge in [0, 0.05) is 15.2 Å². The van der Waals surface area contributed by atoms with Crippen molar-refractivity contribution < 1.29 is 4.42 Å². The van der Waals surface area contributed by atoms with Crippen LogP contribution in [0.15, 0.2) is 67.6 Å². The normalized spacial score (nSPS) is 11.5. The summed E-state index contributed by atoms with van der Waals surface area (Å²) in [4.78, 5) is 16.9. The summed E-state index contributed by atoms with van der Waals surface area (Å²) < 4.78 is 6.31. The van der Waals surface area contributed by atoms with Crippen molar-refractivity contribution in [2.24, 2.45) is 0 Å². The second-order valence-electron chi connectivity index (χ2n) is 6.25. The van der Waals surface area contributed by atoms with Gasteiger partial charge in [-0.15, -0.1) is 11.3 Å². The van der Waals surface area contributed by atoms with E-state index >= 15 is 0 Å². The van der Waals surface area contributed by atoms with Gasteiger partial charge in [0.15, 0.2) is 0 Å². The van der Waals surface area contributed by atoms with Gasteiger partial charge in [-0.2, -0.15) is 5.26 Å². The Bertz CT molecular complexity index is 1310. The zero-order valence-corrected chi connectivity index (χ0v) is 17.2. The van der Waals surface area contributed by atoms with Crippen LogP contribution in [0.3, 0.4) is 0 Å². The molecule has 0 amide bonds. The number of benzene rings is 2. The number of aromatic nitrogens is 1. The molecule has 0 unspecified atom stereocenters. The van der Waals surface area contributed by atoms with E-state index in [2.05, 4.69) is 27.0 Å². The van der Waals surface area contributed by atoms with Crippen molar-refractivity contribution in [2.45, 2.75) is 6.92 Å². The molecule has 0 aliphatic rings. The summed E-state index contributed by atoms with van der Waals surface area (Å²) in [7, 11) is 0. The predicted octanol–water partition coefficient (Wildman–Crippen LogP) is 6.05. The van der Waals surface area contributed by atoms with Crippen molar-refractivity contribution in [3.8, 4) is 17.3 Å². The first kappa shape index (κ1) is 18.4. The molecule has 4 rings (SSSR count). The summed E-state index contributed by atoms with van der Waals surface area (Å²) in [5.41, 5.74) is 3.47. The Morgan fingerprint density at radius 1 is 1.21 bits per heavy atom. The van der Waals surface area contributed by atoms with Crippen molar-refractivity contribution in [1.29, 1.82) is 5.26 Å². The fourth-order valence-corrected chi connectivity index (χ4v) is 3.93. The van der Waals surface area contributed by atoms with Crippen molar-refractivity contribution in [2.75, 3.05) is 0 Å². The Morgan fingerprint density at radius 2 is 2.00 bits per heavy atom. The summed E-state index contributed by atoms with van der Waals surface area (Å²) in [6.45, 7) is 2.01. The molecule has 2 heterocycles. The number of halogens is 1. The Kier molecular flexibility index (Phi) is 4.95. The molecular weight excluding hydrogens is 436 g/mol. The number of rotatable bonds is 3. The van der Waals surface area contributed by atoms with Crippen LogP contribution in [0.4, 0.5) is 0 Å². The molecule has 0 spiro atoms. The summed E-state index contributed by atoms with van der Waals surface area (Å²) >= 11 is 4.75. The first-order valence-corrected chi connectivity index (χ1v) is 10.1. The van der Waals surface area contributed by atoms with E-state index in [-0.39, 0.29) is 0 Å². The lowest BCUT2D eigenvalue weighted by Crippen LogP contribution is -2.02. The summed E-state index contributed by atoms with van der Waals surface area (Å²) in [5, 5.41) is 12.7. The van der Waals surface area contributed by atoms with E-state index in [1.807, 2.05) is 43.3 Å². The van der Waals surface area contributed by atoms with Crippen LogP contribution >= 0.6 is 27.3 Å². The van der Waals surface area contributed by atoms with Gasteiger partial charge in [-0.05, 0) is 42.8 Å². The highest BCUT2D eigenvalue weighted by atomic mass is 79.9. The molecule has 4 aromatic rings. The Morgan fingerprint density at radius 3 is 2.75 bits per heavy atom. The van der Waals surface area contributed by atoms with Gasteiger partial charge in [0.25, 0.3) is 0 Å². The molecule has 0 N–H and O–H groups in total. The minimum Gasteiger partial charge on any atom is -0.422 e. The maximum atomic E-state index is 12.4. The van der Waals surface area contributed by atoms with Crippen LogP contribution in [0, 0.1) is 18.3 Å². The second-order valence-corrected chi connectivity index (χ2v) is 8.02. The lowest BCUT2D eigenvalue weighted by Gasteiger charge is -2.00. The van der Waals surface area contributed by atoms with Crippen molar-refractivity contribution in [1.82, 2.24) is 4.98 Å². The molecule has 0 aliphatic carbocycles. The molecule has 0 aliphatic heterocycles. The smallest absolute Gasteiger partial charge is 0.345 e. The molecule has 2 aromatic carbocycles. The van der Waals surface area contributed by atoms with Gasteiger partial charge in [0.2, 0.25) is 0 Å². The largest absolute Gasteiger partial charge is 0.422 e. The van der Waals surface area contributed by atoms with Crippen molar-refractivity contribution >= 4 is 49.9 Å². The van der Waals surface area contributed by atoms with Gasteiger partial charge < -0.3 is 4.42 Å². The minimum absolute atomic E-state index is 0.376. The molecule has 0 radical (unpaired) electrons. The number of nitrogens with zero attached hydrogens (tertiary/aromatic N) is 2. The van der Waals surface area contributed by atoms with Gasteiger partial charge >= 0.3 is 5.63 Å². The third-order valence-corrected chi connectivity index (χ3v) is 5.58. The highest BCUT2D eigenvalue weighted by molar-refractivity contribution is 9.10. The molecule has 6 heteroatoms. The zero-order chi connectivity index (χ0) is 19.7. The number of aryl methyl sites for hydroxylation is 1. The number of thiazole rings is 1. The van der Waals surface area contributed by atoms with Crippen LogP contribution in [0.25, 0.3) is 33.9 Å². The fraction of sp³-hybridized carbons (Fsp3) is 0.0455. The van der Waals surface area contributed by atoms with E-state index < -0.39 is 5.63 Å². The molecule has 0 saturated carbocycles. The number of fused-ring (bicyclic) bond motifs is 1. The van der Waals surface area contributed by atoms with E-state index in [0.717, 1.165) is 21.0 Å². The van der Waals surface area contributed by atoms with Crippen molar-refractivity contribution in [3.05, 3.63) is 84.9 Å².